The number of hydrogen-bond donors (Lipinski definition) is 0. The average Bonchev–Trinajstić information content (AvgIpc) is 3.11. The second kappa shape index (κ2) is 4.90. The van der Waals surface area contributed by atoms with Gasteiger partial charge < -0.3 is 4.55 Å². The lowest BCUT2D eigenvalue weighted by Crippen LogP contribution is -2.19. The van der Waals surface area contributed by atoms with Crippen molar-refractivity contribution in [2.45, 2.75) is 44.8 Å². The van der Waals surface area contributed by atoms with Gasteiger partial charge in [0.05, 0.1) is 11.4 Å². The molecule has 3 rings (SSSR count). The van der Waals surface area contributed by atoms with Crippen molar-refractivity contribution in [3.63, 3.8) is 0 Å². The lowest BCUT2D eigenvalue weighted by atomic mass is 10.0. The Labute approximate surface area is 126 Å². The van der Waals surface area contributed by atoms with Gasteiger partial charge in [0, 0.05) is 15.5 Å². The number of benzene rings is 1. The summed E-state index contributed by atoms with van der Waals surface area (Å²) in [6.07, 6.45) is 4.36. The SMILES string of the molecule is CCC(C)[S+]([O-])N=C1c2cc(Br)ccc2CC12CC2. The van der Waals surface area contributed by atoms with E-state index in [4.69, 9.17) is 0 Å². The summed E-state index contributed by atoms with van der Waals surface area (Å²) in [4.78, 5) is 0. The first-order valence-electron chi connectivity index (χ1n) is 6.84. The predicted molar refractivity (Wildman–Crippen MR) is 83.9 cm³/mol. The molecule has 0 radical (unpaired) electrons. The molecule has 1 saturated carbocycles. The summed E-state index contributed by atoms with van der Waals surface area (Å²) in [5.41, 5.74) is 3.89. The fraction of sp³-hybridized carbons (Fsp3) is 0.533. The highest BCUT2D eigenvalue weighted by atomic mass is 79.9. The molecule has 0 saturated heterocycles. The van der Waals surface area contributed by atoms with Crippen LogP contribution in [0.15, 0.2) is 27.1 Å². The summed E-state index contributed by atoms with van der Waals surface area (Å²) >= 11 is 2.43. The number of nitrogens with zero attached hydrogens (tertiary/aromatic N) is 1. The zero-order valence-corrected chi connectivity index (χ0v) is 13.7. The summed E-state index contributed by atoms with van der Waals surface area (Å²) < 4.78 is 17.9. The van der Waals surface area contributed by atoms with Gasteiger partial charge in [-0.05, 0) is 50.3 Å². The molecular weight excluding hydrogens is 322 g/mol. The molecule has 1 spiro atoms. The minimum atomic E-state index is -1.10. The second-order valence-electron chi connectivity index (χ2n) is 5.69. The van der Waals surface area contributed by atoms with Gasteiger partial charge >= 0.3 is 0 Å². The summed E-state index contributed by atoms with van der Waals surface area (Å²) in [7, 11) is 0. The molecule has 102 valence electrons. The van der Waals surface area contributed by atoms with E-state index in [0.29, 0.717) is 0 Å². The van der Waals surface area contributed by atoms with Crippen molar-refractivity contribution in [1.82, 2.24) is 0 Å². The van der Waals surface area contributed by atoms with Crippen LogP contribution in [0.1, 0.15) is 44.2 Å². The van der Waals surface area contributed by atoms with Gasteiger partial charge in [-0.3, -0.25) is 0 Å². The molecule has 1 fully saturated rings. The van der Waals surface area contributed by atoms with E-state index < -0.39 is 11.4 Å². The first kappa shape index (κ1) is 13.7. The molecule has 2 unspecified atom stereocenters. The number of halogens is 1. The molecule has 0 aliphatic heterocycles. The normalized spacial score (nSPS) is 24.5. The Morgan fingerprint density at radius 2 is 2.21 bits per heavy atom. The van der Waals surface area contributed by atoms with Crippen LogP contribution in [0, 0.1) is 5.41 Å². The highest BCUT2D eigenvalue weighted by Crippen LogP contribution is 2.56. The molecular formula is C15H18BrNOS. The van der Waals surface area contributed by atoms with Crippen molar-refractivity contribution in [3.05, 3.63) is 33.8 Å². The third kappa shape index (κ3) is 2.39. The predicted octanol–water partition coefficient (Wildman–Crippen LogP) is 4.04. The van der Waals surface area contributed by atoms with Crippen molar-refractivity contribution < 1.29 is 4.55 Å². The Morgan fingerprint density at radius 3 is 2.84 bits per heavy atom. The van der Waals surface area contributed by atoms with Gasteiger partial charge in [-0.15, -0.1) is 0 Å². The van der Waals surface area contributed by atoms with Crippen LogP contribution in [0.25, 0.3) is 0 Å². The van der Waals surface area contributed by atoms with E-state index in [1.165, 1.54) is 24.0 Å². The lowest BCUT2D eigenvalue weighted by Gasteiger charge is -2.13. The molecule has 0 heterocycles. The van der Waals surface area contributed by atoms with Crippen molar-refractivity contribution in [1.29, 1.82) is 0 Å². The third-order valence-electron chi connectivity index (χ3n) is 4.31. The molecule has 0 bridgehead atoms. The Bertz CT molecular complexity index is 539. The molecule has 2 nitrogen and oxygen atoms in total. The summed E-state index contributed by atoms with van der Waals surface area (Å²) in [5.74, 6) is 0. The molecule has 1 aromatic rings. The van der Waals surface area contributed by atoms with Gasteiger partial charge in [0.15, 0.2) is 0 Å². The molecule has 0 aromatic heterocycles. The van der Waals surface area contributed by atoms with E-state index in [2.05, 4.69) is 45.5 Å². The summed E-state index contributed by atoms with van der Waals surface area (Å²) in [5, 5.41) is 0.138. The monoisotopic (exact) mass is 339 g/mol. The smallest absolute Gasteiger partial charge is 0.140 e. The van der Waals surface area contributed by atoms with Gasteiger partial charge in [-0.1, -0.05) is 33.3 Å². The molecule has 2 aliphatic rings. The molecule has 19 heavy (non-hydrogen) atoms. The van der Waals surface area contributed by atoms with Crippen LogP contribution in [0.4, 0.5) is 0 Å². The number of fused-ring (bicyclic) bond motifs is 1. The minimum Gasteiger partial charge on any atom is -0.591 e. The van der Waals surface area contributed by atoms with Gasteiger partial charge in [0.25, 0.3) is 0 Å². The van der Waals surface area contributed by atoms with Gasteiger partial charge in [0.1, 0.15) is 11.0 Å². The Hall–Kier alpha value is -0.320. The number of hydrogen-bond acceptors (Lipinski definition) is 2. The highest BCUT2D eigenvalue weighted by molar-refractivity contribution is 9.10. The van der Waals surface area contributed by atoms with E-state index in [1.807, 2.05) is 6.92 Å². The first-order valence-corrected chi connectivity index (χ1v) is 8.81. The van der Waals surface area contributed by atoms with Crippen molar-refractivity contribution in [2.24, 2.45) is 9.81 Å². The molecule has 0 N–H and O–H groups in total. The van der Waals surface area contributed by atoms with Gasteiger partial charge in [-0.25, -0.2) is 0 Å². The van der Waals surface area contributed by atoms with Gasteiger partial charge in [-0.2, -0.15) is 0 Å². The van der Waals surface area contributed by atoms with Crippen molar-refractivity contribution >= 4 is 33.0 Å². The van der Waals surface area contributed by atoms with Gasteiger partial charge in [0.2, 0.25) is 0 Å². The zero-order chi connectivity index (χ0) is 13.6. The lowest BCUT2D eigenvalue weighted by molar-refractivity contribution is 0.581. The fourth-order valence-electron chi connectivity index (χ4n) is 2.69. The van der Waals surface area contributed by atoms with Crippen LogP contribution in [0.5, 0.6) is 0 Å². The van der Waals surface area contributed by atoms with Crippen LogP contribution in [-0.2, 0) is 17.8 Å². The third-order valence-corrected chi connectivity index (χ3v) is 6.19. The van der Waals surface area contributed by atoms with E-state index in [-0.39, 0.29) is 10.7 Å². The molecule has 2 aliphatic carbocycles. The fourth-order valence-corrected chi connectivity index (χ4v) is 3.99. The van der Waals surface area contributed by atoms with Crippen LogP contribution in [0.2, 0.25) is 0 Å². The Kier molecular flexibility index (Phi) is 3.52. The largest absolute Gasteiger partial charge is 0.591 e. The van der Waals surface area contributed by atoms with Crippen LogP contribution in [0.3, 0.4) is 0 Å². The maximum absolute atomic E-state index is 12.3. The van der Waals surface area contributed by atoms with Crippen LogP contribution < -0.4 is 0 Å². The molecule has 1 aromatic carbocycles. The summed E-state index contributed by atoms with van der Waals surface area (Å²) in [6, 6.07) is 6.40. The van der Waals surface area contributed by atoms with Crippen molar-refractivity contribution in [3.8, 4) is 0 Å². The Morgan fingerprint density at radius 1 is 1.47 bits per heavy atom. The second-order valence-corrected chi connectivity index (χ2v) is 8.15. The Balaban J connectivity index is 2.00. The number of rotatable bonds is 3. The van der Waals surface area contributed by atoms with Crippen LogP contribution in [-0.4, -0.2) is 15.5 Å². The molecule has 2 atom stereocenters. The van der Waals surface area contributed by atoms with Crippen LogP contribution >= 0.6 is 15.9 Å². The molecule has 0 amide bonds. The van der Waals surface area contributed by atoms with E-state index >= 15 is 0 Å². The first-order chi connectivity index (χ1) is 9.05. The summed E-state index contributed by atoms with van der Waals surface area (Å²) in [6.45, 7) is 4.07. The maximum atomic E-state index is 12.3. The topological polar surface area (TPSA) is 35.4 Å². The van der Waals surface area contributed by atoms with E-state index in [9.17, 15) is 4.55 Å². The quantitative estimate of drug-likeness (QED) is 0.765. The highest BCUT2D eigenvalue weighted by Gasteiger charge is 2.53. The van der Waals surface area contributed by atoms with E-state index in [0.717, 1.165) is 23.0 Å². The molecule has 4 heteroatoms. The minimum absolute atomic E-state index is 0.138. The van der Waals surface area contributed by atoms with E-state index in [1.54, 1.807) is 0 Å². The maximum Gasteiger partial charge on any atom is 0.140 e. The average molecular weight is 340 g/mol. The zero-order valence-electron chi connectivity index (χ0n) is 11.3. The van der Waals surface area contributed by atoms with Crippen molar-refractivity contribution in [2.75, 3.05) is 0 Å². The standard InChI is InChI=1S/C15H18BrNOS/c1-3-10(2)19(18)17-14-13-8-12(16)5-4-11(13)9-15(14)6-7-15/h4-5,8,10H,3,6-7,9H2,1-2H3.